The summed E-state index contributed by atoms with van der Waals surface area (Å²) in [6.45, 7) is 0.790. The molecule has 6 nitrogen and oxygen atoms in total. The summed E-state index contributed by atoms with van der Waals surface area (Å²) in [6.07, 6.45) is 2.63. The summed E-state index contributed by atoms with van der Waals surface area (Å²) in [7, 11) is 0. The molecule has 0 saturated heterocycles. The van der Waals surface area contributed by atoms with Crippen LogP contribution < -0.4 is 5.32 Å². The first-order valence-electron chi connectivity index (χ1n) is 9.14. The Hall–Kier alpha value is -3.67. The molecule has 0 aliphatic heterocycles. The third-order valence-electron chi connectivity index (χ3n) is 4.39. The highest BCUT2D eigenvalue weighted by atomic mass is 16.4. The van der Waals surface area contributed by atoms with Gasteiger partial charge in [-0.25, -0.2) is 0 Å². The van der Waals surface area contributed by atoms with Gasteiger partial charge >= 0.3 is 0 Å². The van der Waals surface area contributed by atoms with Crippen LogP contribution in [0.25, 0.3) is 23.0 Å². The average molecular weight is 372 g/mol. The third kappa shape index (κ3) is 4.17. The van der Waals surface area contributed by atoms with Crippen molar-refractivity contribution < 1.29 is 9.21 Å². The maximum Gasteiger partial charge on any atom is 0.264 e. The number of benzene rings is 2. The zero-order valence-corrected chi connectivity index (χ0v) is 15.3. The van der Waals surface area contributed by atoms with Gasteiger partial charge in [-0.05, 0) is 36.2 Å². The van der Waals surface area contributed by atoms with Crippen molar-refractivity contribution in [3.05, 3.63) is 84.6 Å². The maximum atomic E-state index is 12.3. The number of nitrogens with one attached hydrogen (secondary N) is 1. The van der Waals surface area contributed by atoms with Crippen LogP contribution in [0, 0.1) is 0 Å². The normalized spacial score (nSPS) is 10.7. The summed E-state index contributed by atoms with van der Waals surface area (Å²) in [5.41, 5.74) is 2.77. The van der Waals surface area contributed by atoms with Crippen molar-refractivity contribution in [2.24, 2.45) is 0 Å². The predicted octanol–water partition coefficient (Wildman–Crippen LogP) is 3.56. The Morgan fingerprint density at radius 1 is 0.893 bits per heavy atom. The first-order valence-corrected chi connectivity index (χ1v) is 9.14. The van der Waals surface area contributed by atoms with Gasteiger partial charge in [0.05, 0.1) is 0 Å². The lowest BCUT2D eigenvalue weighted by molar-refractivity contribution is -0.121. The lowest BCUT2D eigenvalue weighted by Gasteiger charge is -2.08. The van der Waals surface area contributed by atoms with E-state index in [0.29, 0.717) is 24.0 Å². The molecule has 1 amide bonds. The molecule has 0 aliphatic carbocycles. The average Bonchev–Trinajstić information content (AvgIpc) is 3.39. The monoisotopic (exact) mass is 372 g/mol. The Morgan fingerprint density at radius 2 is 1.61 bits per heavy atom. The number of aromatic nitrogens is 3. The highest BCUT2D eigenvalue weighted by molar-refractivity contribution is 5.76. The van der Waals surface area contributed by atoms with Crippen LogP contribution in [0.4, 0.5) is 0 Å². The number of carbonyl (C=O) groups excluding carboxylic acids is 1. The van der Waals surface area contributed by atoms with E-state index in [1.54, 1.807) is 4.57 Å². The molecule has 0 saturated carbocycles. The van der Waals surface area contributed by atoms with Crippen molar-refractivity contribution in [1.29, 1.82) is 0 Å². The van der Waals surface area contributed by atoms with Gasteiger partial charge in [-0.3, -0.25) is 4.79 Å². The van der Waals surface area contributed by atoms with Crippen LogP contribution >= 0.6 is 0 Å². The lowest BCUT2D eigenvalue weighted by atomic mass is 10.1. The van der Waals surface area contributed by atoms with E-state index in [0.717, 1.165) is 12.0 Å². The Balaban J connectivity index is 1.39. The van der Waals surface area contributed by atoms with E-state index in [9.17, 15) is 4.79 Å². The first kappa shape index (κ1) is 17.7. The second-order valence-corrected chi connectivity index (χ2v) is 6.39. The standard InChI is InChI=1S/C22H20N4O2/c27-20(23-14-13-17-8-3-1-4-9-17)16-26-15-7-12-19(26)22-25-24-21(28-22)18-10-5-2-6-11-18/h1-12,15H,13-14,16H2,(H,23,27). The van der Waals surface area contributed by atoms with Gasteiger partial charge in [-0.2, -0.15) is 0 Å². The first-order chi connectivity index (χ1) is 13.8. The van der Waals surface area contributed by atoms with Gasteiger partial charge in [0.1, 0.15) is 12.2 Å². The fraction of sp³-hybridized carbons (Fsp3) is 0.136. The summed E-state index contributed by atoms with van der Waals surface area (Å²) >= 11 is 0. The molecule has 0 unspecified atom stereocenters. The number of amides is 1. The minimum Gasteiger partial charge on any atom is -0.415 e. The zero-order chi connectivity index (χ0) is 19.2. The molecule has 0 spiro atoms. The van der Waals surface area contributed by atoms with Crippen molar-refractivity contribution in [1.82, 2.24) is 20.1 Å². The van der Waals surface area contributed by atoms with Crippen LogP contribution in [0.1, 0.15) is 5.56 Å². The van der Waals surface area contributed by atoms with E-state index < -0.39 is 0 Å². The van der Waals surface area contributed by atoms with Crippen molar-refractivity contribution in [2.75, 3.05) is 6.54 Å². The fourth-order valence-electron chi connectivity index (χ4n) is 2.97. The van der Waals surface area contributed by atoms with Crippen molar-refractivity contribution >= 4 is 5.91 Å². The van der Waals surface area contributed by atoms with Crippen LogP contribution in [0.5, 0.6) is 0 Å². The Morgan fingerprint density at radius 3 is 2.39 bits per heavy atom. The largest absolute Gasteiger partial charge is 0.415 e. The van der Waals surface area contributed by atoms with E-state index in [2.05, 4.69) is 27.6 Å². The van der Waals surface area contributed by atoms with Gasteiger partial charge in [-0.15, -0.1) is 10.2 Å². The summed E-state index contributed by atoms with van der Waals surface area (Å²) < 4.78 is 7.61. The maximum absolute atomic E-state index is 12.3. The molecule has 0 atom stereocenters. The molecule has 28 heavy (non-hydrogen) atoms. The van der Waals surface area contributed by atoms with Crippen LogP contribution in [0.3, 0.4) is 0 Å². The molecule has 140 valence electrons. The van der Waals surface area contributed by atoms with E-state index in [4.69, 9.17) is 4.42 Å². The minimum absolute atomic E-state index is 0.0591. The Kier molecular flexibility index (Phi) is 5.29. The van der Waals surface area contributed by atoms with E-state index in [1.165, 1.54) is 5.56 Å². The molecular weight excluding hydrogens is 352 g/mol. The van der Waals surface area contributed by atoms with Crippen LogP contribution in [0.2, 0.25) is 0 Å². The number of hydrogen-bond acceptors (Lipinski definition) is 4. The molecule has 4 rings (SSSR count). The molecule has 2 aromatic carbocycles. The summed E-state index contributed by atoms with van der Waals surface area (Å²) in [5, 5.41) is 11.2. The van der Waals surface area contributed by atoms with E-state index in [1.807, 2.05) is 66.9 Å². The summed E-state index contributed by atoms with van der Waals surface area (Å²) in [6, 6.07) is 23.4. The van der Waals surface area contributed by atoms with Crippen molar-refractivity contribution in [2.45, 2.75) is 13.0 Å². The predicted molar refractivity (Wildman–Crippen MR) is 106 cm³/mol. The second-order valence-electron chi connectivity index (χ2n) is 6.39. The molecule has 1 N–H and O–H groups in total. The molecule has 0 radical (unpaired) electrons. The van der Waals surface area contributed by atoms with Gasteiger partial charge in [0.2, 0.25) is 11.8 Å². The van der Waals surface area contributed by atoms with Gasteiger partial charge in [-0.1, -0.05) is 48.5 Å². The molecule has 2 aromatic heterocycles. The SMILES string of the molecule is O=C(Cn1cccc1-c1nnc(-c2ccccc2)o1)NCCc1ccccc1. The highest BCUT2D eigenvalue weighted by Gasteiger charge is 2.15. The Bertz CT molecular complexity index is 1040. The molecular formula is C22H20N4O2. The second kappa shape index (κ2) is 8.35. The molecule has 6 heteroatoms. The van der Waals surface area contributed by atoms with Crippen LogP contribution in [0.15, 0.2) is 83.4 Å². The lowest BCUT2D eigenvalue weighted by Crippen LogP contribution is -2.29. The minimum atomic E-state index is -0.0591. The number of nitrogens with zero attached hydrogens (tertiary/aromatic N) is 3. The molecule has 4 aromatic rings. The number of rotatable bonds is 7. The van der Waals surface area contributed by atoms with Gasteiger partial charge in [0.25, 0.3) is 5.89 Å². The highest BCUT2D eigenvalue weighted by Crippen LogP contribution is 2.24. The van der Waals surface area contributed by atoms with Crippen LogP contribution in [-0.4, -0.2) is 27.2 Å². The van der Waals surface area contributed by atoms with Crippen molar-refractivity contribution in [3.8, 4) is 23.0 Å². The topological polar surface area (TPSA) is 73.0 Å². The summed E-state index contributed by atoms with van der Waals surface area (Å²) in [5.74, 6) is 0.785. The van der Waals surface area contributed by atoms with Crippen molar-refractivity contribution in [3.63, 3.8) is 0 Å². The summed E-state index contributed by atoms with van der Waals surface area (Å²) in [4.78, 5) is 12.3. The third-order valence-corrected chi connectivity index (χ3v) is 4.39. The van der Waals surface area contributed by atoms with Gasteiger partial charge < -0.3 is 14.3 Å². The molecule has 0 bridgehead atoms. The molecule has 0 fully saturated rings. The van der Waals surface area contributed by atoms with E-state index in [-0.39, 0.29) is 12.5 Å². The zero-order valence-electron chi connectivity index (χ0n) is 15.3. The Labute approximate surface area is 162 Å². The van der Waals surface area contributed by atoms with Gasteiger partial charge in [0.15, 0.2) is 0 Å². The fourth-order valence-corrected chi connectivity index (χ4v) is 2.97. The van der Waals surface area contributed by atoms with E-state index >= 15 is 0 Å². The quantitative estimate of drug-likeness (QED) is 0.538. The molecule has 0 aliphatic rings. The number of hydrogen-bond donors (Lipinski definition) is 1. The molecule has 2 heterocycles. The van der Waals surface area contributed by atoms with Crippen LogP contribution in [-0.2, 0) is 17.8 Å². The number of carbonyl (C=O) groups is 1. The smallest absolute Gasteiger partial charge is 0.264 e. The van der Waals surface area contributed by atoms with Gasteiger partial charge in [0, 0.05) is 18.3 Å².